The Kier molecular flexibility index (Phi) is 5.82. The Bertz CT molecular complexity index is 856. The Hall–Kier alpha value is -2.67. The highest BCUT2D eigenvalue weighted by Gasteiger charge is 2.36. The molecule has 138 valence electrons. The van der Waals surface area contributed by atoms with Crippen LogP contribution in [0.2, 0.25) is 5.02 Å². The fourth-order valence-electron chi connectivity index (χ4n) is 2.00. The summed E-state index contributed by atoms with van der Waals surface area (Å²) >= 11 is 6.00. The molecule has 2 aromatic rings. The Labute approximate surface area is 154 Å². The maximum absolute atomic E-state index is 13.7. The molecule has 0 radical (unpaired) electrons. The first-order valence-corrected chi connectivity index (χ1v) is 7.94. The summed E-state index contributed by atoms with van der Waals surface area (Å²) in [6.45, 7) is 2.76. The van der Waals surface area contributed by atoms with E-state index in [1.807, 2.05) is 0 Å². The van der Waals surface area contributed by atoms with E-state index in [0.29, 0.717) is 22.5 Å². The molecule has 0 saturated carbocycles. The van der Waals surface area contributed by atoms with Crippen LogP contribution in [-0.2, 0) is 9.59 Å². The molecule has 2 amide bonds. The number of halogens is 3. The zero-order chi connectivity index (χ0) is 19.5. The molecule has 0 aliphatic heterocycles. The van der Waals surface area contributed by atoms with E-state index in [2.05, 4.69) is 10.6 Å². The average molecular weight is 383 g/mol. The normalized spacial score (nSPS) is 11.0. The second-order valence-electron chi connectivity index (χ2n) is 6.01. The molecule has 0 atom stereocenters. The van der Waals surface area contributed by atoms with Gasteiger partial charge in [0.15, 0.2) is 0 Å². The van der Waals surface area contributed by atoms with Crippen molar-refractivity contribution < 1.29 is 23.1 Å². The number of carbonyl (C=O) groups is 2. The monoisotopic (exact) mass is 382 g/mol. The van der Waals surface area contributed by atoms with Gasteiger partial charge in [0.1, 0.15) is 22.8 Å². The van der Waals surface area contributed by atoms with Gasteiger partial charge in [0.2, 0.25) is 11.8 Å². The molecule has 5 nitrogen and oxygen atoms in total. The lowest BCUT2D eigenvalue weighted by Gasteiger charge is -2.23. The molecule has 0 saturated heterocycles. The summed E-state index contributed by atoms with van der Waals surface area (Å²) in [4.78, 5) is 24.9. The summed E-state index contributed by atoms with van der Waals surface area (Å²) < 4.78 is 31.6. The van der Waals surface area contributed by atoms with Gasteiger partial charge in [-0.2, -0.15) is 0 Å². The molecular formula is C18H17ClF2N2O3. The molecule has 0 spiro atoms. The van der Waals surface area contributed by atoms with Crippen LogP contribution in [0, 0.1) is 17.0 Å². The van der Waals surface area contributed by atoms with Crippen molar-refractivity contribution in [1.29, 1.82) is 0 Å². The highest BCUT2D eigenvalue weighted by molar-refractivity contribution is 6.32. The van der Waals surface area contributed by atoms with Crippen LogP contribution in [-0.4, -0.2) is 18.9 Å². The highest BCUT2D eigenvalue weighted by Crippen LogP contribution is 2.29. The molecule has 2 aromatic carbocycles. The van der Waals surface area contributed by atoms with Crippen LogP contribution in [0.3, 0.4) is 0 Å². The predicted octanol–water partition coefficient (Wildman–Crippen LogP) is 4.23. The van der Waals surface area contributed by atoms with Crippen molar-refractivity contribution >= 4 is 34.8 Å². The third kappa shape index (κ3) is 4.29. The molecule has 2 rings (SSSR count). The maximum atomic E-state index is 13.7. The van der Waals surface area contributed by atoms with E-state index < -0.39 is 28.9 Å². The van der Waals surface area contributed by atoms with Crippen LogP contribution in [0.5, 0.6) is 5.75 Å². The number of benzene rings is 2. The second-order valence-corrected chi connectivity index (χ2v) is 6.41. The Morgan fingerprint density at radius 3 is 2.27 bits per heavy atom. The molecular weight excluding hydrogens is 366 g/mol. The topological polar surface area (TPSA) is 67.4 Å². The number of amides is 2. The minimum atomic E-state index is -1.53. The molecule has 0 aromatic heterocycles. The molecule has 0 unspecified atom stereocenters. The largest absolute Gasteiger partial charge is 0.495 e. The highest BCUT2D eigenvalue weighted by atomic mass is 35.5. The van der Waals surface area contributed by atoms with Gasteiger partial charge in [-0.15, -0.1) is 0 Å². The van der Waals surface area contributed by atoms with E-state index in [4.69, 9.17) is 16.3 Å². The molecule has 0 aliphatic carbocycles. The van der Waals surface area contributed by atoms with Gasteiger partial charge in [-0.3, -0.25) is 9.59 Å². The van der Waals surface area contributed by atoms with E-state index in [0.717, 1.165) is 12.1 Å². The van der Waals surface area contributed by atoms with Crippen LogP contribution in [0.4, 0.5) is 20.2 Å². The lowest BCUT2D eigenvalue weighted by Crippen LogP contribution is -2.41. The lowest BCUT2D eigenvalue weighted by atomic mass is 9.90. The van der Waals surface area contributed by atoms with E-state index in [1.165, 1.54) is 27.0 Å². The van der Waals surface area contributed by atoms with E-state index in [-0.39, 0.29) is 5.69 Å². The van der Waals surface area contributed by atoms with Crippen molar-refractivity contribution in [3.8, 4) is 5.75 Å². The van der Waals surface area contributed by atoms with Crippen LogP contribution < -0.4 is 15.4 Å². The number of anilines is 2. The summed E-state index contributed by atoms with van der Waals surface area (Å²) in [7, 11) is 1.46. The van der Waals surface area contributed by atoms with Gasteiger partial charge in [0.25, 0.3) is 0 Å². The van der Waals surface area contributed by atoms with Crippen LogP contribution in [0.1, 0.15) is 13.8 Å². The quantitative estimate of drug-likeness (QED) is 0.760. The first kappa shape index (κ1) is 19.7. The average Bonchev–Trinajstić information content (AvgIpc) is 2.57. The van der Waals surface area contributed by atoms with Crippen molar-refractivity contribution in [2.24, 2.45) is 5.41 Å². The summed E-state index contributed by atoms with van der Waals surface area (Å²) in [5, 5.41) is 5.15. The number of carbonyl (C=O) groups excluding carboxylic acids is 2. The fraction of sp³-hybridized carbons (Fsp3) is 0.222. The molecule has 8 heteroatoms. The minimum Gasteiger partial charge on any atom is -0.495 e. The maximum Gasteiger partial charge on any atom is 0.239 e. The van der Waals surface area contributed by atoms with Gasteiger partial charge in [-0.25, -0.2) is 8.78 Å². The zero-order valence-corrected chi connectivity index (χ0v) is 15.1. The van der Waals surface area contributed by atoms with Crippen molar-refractivity contribution in [3.05, 3.63) is 53.1 Å². The Morgan fingerprint density at radius 1 is 1.04 bits per heavy atom. The van der Waals surface area contributed by atoms with Gasteiger partial charge >= 0.3 is 0 Å². The number of nitrogens with one attached hydrogen (secondary N) is 2. The smallest absolute Gasteiger partial charge is 0.239 e. The minimum absolute atomic E-state index is 0.218. The predicted molar refractivity (Wildman–Crippen MR) is 95.4 cm³/mol. The lowest BCUT2D eigenvalue weighted by molar-refractivity contribution is -0.135. The van der Waals surface area contributed by atoms with Crippen LogP contribution in [0.15, 0.2) is 36.4 Å². The number of methoxy groups -OCH3 is 1. The van der Waals surface area contributed by atoms with Gasteiger partial charge < -0.3 is 15.4 Å². The van der Waals surface area contributed by atoms with Gasteiger partial charge in [-0.05, 0) is 44.2 Å². The molecule has 0 heterocycles. The van der Waals surface area contributed by atoms with Crippen molar-refractivity contribution in [2.45, 2.75) is 13.8 Å². The van der Waals surface area contributed by atoms with Crippen molar-refractivity contribution in [1.82, 2.24) is 0 Å². The zero-order valence-electron chi connectivity index (χ0n) is 14.3. The number of ether oxygens (including phenoxy) is 1. The Balaban J connectivity index is 2.13. The summed E-state index contributed by atoms with van der Waals surface area (Å²) in [6, 6.07) is 7.34. The standard InChI is InChI=1S/C18H17ClF2N2O3/c1-18(2,17(25)23-14-6-4-10(20)8-13(14)21)16(24)22-11-5-7-15(26-3)12(19)9-11/h4-9H,1-3H3,(H,22,24)(H,23,25). The van der Waals surface area contributed by atoms with E-state index in [9.17, 15) is 18.4 Å². The second kappa shape index (κ2) is 7.70. The SMILES string of the molecule is COc1ccc(NC(=O)C(C)(C)C(=O)Nc2ccc(F)cc2F)cc1Cl. The molecule has 0 aliphatic rings. The third-order valence-electron chi connectivity index (χ3n) is 3.72. The van der Waals surface area contributed by atoms with E-state index >= 15 is 0 Å². The molecule has 26 heavy (non-hydrogen) atoms. The number of hydrogen-bond donors (Lipinski definition) is 2. The summed E-state index contributed by atoms with van der Waals surface area (Å²) in [6.07, 6.45) is 0. The van der Waals surface area contributed by atoms with Gasteiger partial charge in [-0.1, -0.05) is 11.6 Å². The van der Waals surface area contributed by atoms with Crippen LogP contribution in [0.25, 0.3) is 0 Å². The van der Waals surface area contributed by atoms with Crippen molar-refractivity contribution in [3.63, 3.8) is 0 Å². The van der Waals surface area contributed by atoms with E-state index in [1.54, 1.807) is 12.1 Å². The number of hydrogen-bond acceptors (Lipinski definition) is 3. The third-order valence-corrected chi connectivity index (χ3v) is 4.02. The fourth-order valence-corrected chi connectivity index (χ4v) is 2.26. The van der Waals surface area contributed by atoms with Crippen molar-refractivity contribution in [2.75, 3.05) is 17.7 Å². The first-order chi connectivity index (χ1) is 12.1. The molecule has 0 bridgehead atoms. The van der Waals surface area contributed by atoms with Gasteiger partial charge in [0.05, 0.1) is 17.8 Å². The summed E-state index contributed by atoms with van der Waals surface area (Å²) in [5.74, 6) is -2.64. The number of rotatable bonds is 5. The summed E-state index contributed by atoms with van der Waals surface area (Å²) in [5.41, 5.74) is -1.38. The Morgan fingerprint density at radius 2 is 1.69 bits per heavy atom. The van der Waals surface area contributed by atoms with Crippen LogP contribution >= 0.6 is 11.6 Å². The molecule has 0 fully saturated rings. The van der Waals surface area contributed by atoms with Gasteiger partial charge in [0, 0.05) is 11.8 Å². The first-order valence-electron chi connectivity index (χ1n) is 7.56. The molecule has 2 N–H and O–H groups in total.